The predicted octanol–water partition coefficient (Wildman–Crippen LogP) is -0.288. The first-order chi connectivity index (χ1) is 7.91. The zero-order valence-corrected chi connectivity index (χ0v) is 10.2. The molecule has 0 bridgehead atoms. The van der Waals surface area contributed by atoms with Crippen molar-refractivity contribution in [2.75, 3.05) is 13.1 Å². The summed E-state index contributed by atoms with van der Waals surface area (Å²) >= 11 is 0. The summed E-state index contributed by atoms with van der Waals surface area (Å²) in [5.74, 6) is 0.0277. The molecule has 1 rings (SSSR count). The standard InChI is InChI=1S/C11H21N3O3/c1-8-3-2-4-11(17,5-8)7-13-6-9(15)14-10(12)16/h8,13,17H,2-7H2,1H3,(H3,12,14,15,16). The molecule has 0 aromatic carbocycles. The van der Waals surface area contributed by atoms with E-state index in [-0.39, 0.29) is 6.54 Å². The van der Waals surface area contributed by atoms with Crippen LogP contribution in [-0.2, 0) is 4.79 Å². The second-order valence-corrected chi connectivity index (χ2v) is 4.94. The number of carbonyl (C=O) groups is 2. The molecule has 0 spiro atoms. The van der Waals surface area contributed by atoms with Crippen LogP contribution in [0, 0.1) is 5.92 Å². The van der Waals surface area contributed by atoms with Gasteiger partial charge in [-0.15, -0.1) is 0 Å². The van der Waals surface area contributed by atoms with Crippen LogP contribution in [0.15, 0.2) is 0 Å². The fourth-order valence-corrected chi connectivity index (χ4v) is 2.38. The van der Waals surface area contributed by atoms with Crippen molar-refractivity contribution in [1.82, 2.24) is 10.6 Å². The summed E-state index contributed by atoms with van der Waals surface area (Å²) in [5.41, 5.74) is 4.07. The topological polar surface area (TPSA) is 104 Å². The van der Waals surface area contributed by atoms with E-state index in [1.807, 2.05) is 5.32 Å². The number of aliphatic hydroxyl groups is 1. The lowest BCUT2D eigenvalue weighted by Crippen LogP contribution is -2.47. The van der Waals surface area contributed by atoms with Crippen molar-refractivity contribution in [3.05, 3.63) is 0 Å². The van der Waals surface area contributed by atoms with E-state index in [1.165, 1.54) is 0 Å². The fraction of sp³-hybridized carbons (Fsp3) is 0.818. The van der Waals surface area contributed by atoms with E-state index in [0.717, 1.165) is 25.7 Å². The number of nitrogens with two attached hydrogens (primary N) is 1. The Balaban J connectivity index is 2.25. The zero-order valence-electron chi connectivity index (χ0n) is 10.2. The molecule has 0 saturated heterocycles. The molecule has 2 unspecified atom stereocenters. The first-order valence-corrected chi connectivity index (χ1v) is 5.94. The van der Waals surface area contributed by atoms with Gasteiger partial charge in [-0.1, -0.05) is 19.8 Å². The summed E-state index contributed by atoms with van der Waals surface area (Å²) in [6.07, 6.45) is 3.65. The molecule has 17 heavy (non-hydrogen) atoms. The average molecular weight is 243 g/mol. The number of nitrogens with one attached hydrogen (secondary N) is 2. The molecule has 0 aromatic heterocycles. The fourth-order valence-electron chi connectivity index (χ4n) is 2.38. The van der Waals surface area contributed by atoms with Crippen molar-refractivity contribution in [2.45, 2.75) is 38.2 Å². The summed E-state index contributed by atoms with van der Waals surface area (Å²) in [4.78, 5) is 21.5. The number of hydrogen-bond donors (Lipinski definition) is 4. The van der Waals surface area contributed by atoms with Gasteiger partial charge in [0, 0.05) is 6.54 Å². The van der Waals surface area contributed by atoms with E-state index < -0.39 is 17.5 Å². The minimum atomic E-state index is -0.859. The number of urea groups is 1. The third-order valence-corrected chi connectivity index (χ3v) is 3.07. The van der Waals surface area contributed by atoms with Crippen LogP contribution in [0.25, 0.3) is 0 Å². The van der Waals surface area contributed by atoms with Crippen molar-refractivity contribution < 1.29 is 14.7 Å². The molecule has 1 aliphatic rings. The molecule has 5 N–H and O–H groups in total. The maximum Gasteiger partial charge on any atom is 0.318 e. The Bertz CT molecular complexity index is 296. The van der Waals surface area contributed by atoms with Crippen molar-refractivity contribution in [2.24, 2.45) is 11.7 Å². The van der Waals surface area contributed by atoms with Gasteiger partial charge in [0.1, 0.15) is 0 Å². The Hall–Kier alpha value is -1.14. The number of hydrogen-bond acceptors (Lipinski definition) is 4. The van der Waals surface area contributed by atoms with Gasteiger partial charge in [0.25, 0.3) is 0 Å². The minimum Gasteiger partial charge on any atom is -0.389 e. The Kier molecular flexibility index (Phi) is 4.89. The van der Waals surface area contributed by atoms with Crippen LogP contribution in [0.2, 0.25) is 0 Å². The van der Waals surface area contributed by atoms with Gasteiger partial charge in [-0.25, -0.2) is 4.79 Å². The number of rotatable bonds is 4. The lowest BCUT2D eigenvalue weighted by atomic mass is 9.79. The molecule has 1 aliphatic carbocycles. The van der Waals surface area contributed by atoms with Gasteiger partial charge in [-0.3, -0.25) is 10.1 Å². The van der Waals surface area contributed by atoms with E-state index in [4.69, 9.17) is 5.73 Å². The van der Waals surface area contributed by atoms with Gasteiger partial charge in [-0.05, 0) is 18.8 Å². The number of primary amides is 1. The highest BCUT2D eigenvalue weighted by Crippen LogP contribution is 2.31. The number of imide groups is 1. The van der Waals surface area contributed by atoms with Crippen molar-refractivity contribution >= 4 is 11.9 Å². The number of carbonyl (C=O) groups excluding carboxylic acids is 2. The first-order valence-electron chi connectivity index (χ1n) is 5.94. The van der Waals surface area contributed by atoms with Crippen LogP contribution in [-0.4, -0.2) is 35.7 Å². The lowest BCUT2D eigenvalue weighted by molar-refractivity contribution is -0.119. The molecule has 3 amide bonds. The summed E-state index contributed by atoms with van der Waals surface area (Å²) in [7, 11) is 0. The van der Waals surface area contributed by atoms with Crippen LogP contribution in [0.1, 0.15) is 32.6 Å². The zero-order chi connectivity index (χ0) is 12.9. The molecule has 1 saturated carbocycles. The molecule has 0 heterocycles. The van der Waals surface area contributed by atoms with E-state index >= 15 is 0 Å². The summed E-state index contributed by atoms with van der Waals surface area (Å²) < 4.78 is 0. The van der Waals surface area contributed by atoms with Crippen LogP contribution in [0.4, 0.5) is 4.79 Å². The minimum absolute atomic E-state index is 0.0143. The van der Waals surface area contributed by atoms with Gasteiger partial charge in [-0.2, -0.15) is 0 Å². The smallest absolute Gasteiger partial charge is 0.318 e. The second-order valence-electron chi connectivity index (χ2n) is 4.94. The molecule has 2 atom stereocenters. The molecule has 6 nitrogen and oxygen atoms in total. The predicted molar refractivity (Wildman–Crippen MR) is 63.2 cm³/mol. The SMILES string of the molecule is CC1CCCC(O)(CNCC(=O)NC(N)=O)C1. The highest BCUT2D eigenvalue weighted by Gasteiger charge is 2.32. The van der Waals surface area contributed by atoms with Crippen molar-refractivity contribution in [1.29, 1.82) is 0 Å². The molecule has 98 valence electrons. The molecular formula is C11H21N3O3. The molecular weight excluding hydrogens is 222 g/mol. The highest BCUT2D eigenvalue weighted by atomic mass is 16.3. The van der Waals surface area contributed by atoms with Crippen molar-refractivity contribution in [3.8, 4) is 0 Å². The second kappa shape index (κ2) is 5.97. The van der Waals surface area contributed by atoms with Gasteiger partial charge in [0.05, 0.1) is 12.1 Å². The maximum absolute atomic E-state index is 11.1. The Labute approximate surface area is 101 Å². The van der Waals surface area contributed by atoms with Gasteiger partial charge >= 0.3 is 6.03 Å². The highest BCUT2D eigenvalue weighted by molar-refractivity contribution is 5.94. The van der Waals surface area contributed by atoms with Gasteiger partial charge < -0.3 is 16.2 Å². The summed E-state index contributed by atoms with van der Waals surface area (Å²) in [6, 6.07) is -0.859. The van der Waals surface area contributed by atoms with Gasteiger partial charge in [0.15, 0.2) is 0 Å². The average Bonchev–Trinajstić information content (AvgIpc) is 2.15. The molecule has 6 heteroatoms. The van der Waals surface area contributed by atoms with Crippen LogP contribution in [0.5, 0.6) is 0 Å². The van der Waals surface area contributed by atoms with Crippen LogP contribution >= 0.6 is 0 Å². The first kappa shape index (κ1) is 13.9. The Morgan fingerprint density at radius 1 is 1.53 bits per heavy atom. The summed E-state index contributed by atoms with van der Waals surface area (Å²) in [6.45, 7) is 2.47. The Morgan fingerprint density at radius 3 is 2.82 bits per heavy atom. The van der Waals surface area contributed by atoms with Crippen LogP contribution < -0.4 is 16.4 Å². The van der Waals surface area contributed by atoms with Crippen molar-refractivity contribution in [3.63, 3.8) is 0 Å². The third kappa shape index (κ3) is 5.14. The third-order valence-electron chi connectivity index (χ3n) is 3.07. The van der Waals surface area contributed by atoms with E-state index in [9.17, 15) is 14.7 Å². The monoisotopic (exact) mass is 243 g/mol. The van der Waals surface area contributed by atoms with E-state index in [1.54, 1.807) is 0 Å². The van der Waals surface area contributed by atoms with Gasteiger partial charge in [0.2, 0.25) is 5.91 Å². The quantitative estimate of drug-likeness (QED) is 0.544. The van der Waals surface area contributed by atoms with E-state index in [2.05, 4.69) is 12.2 Å². The van der Waals surface area contributed by atoms with Crippen LogP contribution in [0.3, 0.4) is 0 Å². The largest absolute Gasteiger partial charge is 0.389 e. The molecule has 1 fully saturated rings. The maximum atomic E-state index is 11.1. The van der Waals surface area contributed by atoms with E-state index in [0.29, 0.717) is 12.5 Å². The Morgan fingerprint density at radius 2 is 2.24 bits per heavy atom. The lowest BCUT2D eigenvalue weighted by Gasteiger charge is -2.35. The summed E-state index contributed by atoms with van der Waals surface area (Å²) in [5, 5.41) is 15.1. The normalized spacial score (nSPS) is 28.7. The molecule has 0 aliphatic heterocycles. The molecule has 0 aromatic rings. The molecule has 0 radical (unpaired) electrons. The number of amides is 3.